The topological polar surface area (TPSA) is 74.7 Å². The number of aliphatic carboxylic acids is 1. The molecule has 0 saturated carbocycles. The number of carboxylic acids is 1. The number of carbonyl (C=O) groups excluding carboxylic acids is 2. The highest BCUT2D eigenvalue weighted by Gasteiger charge is 2.47. The maximum Gasteiger partial charge on any atom is 0.329 e. The van der Waals surface area contributed by atoms with Crippen LogP contribution in [0, 0.1) is 0 Å². The molecule has 0 spiro atoms. The van der Waals surface area contributed by atoms with Crippen LogP contribution in [-0.4, -0.2) is 33.3 Å². The third-order valence-electron chi connectivity index (χ3n) is 2.74. The van der Waals surface area contributed by atoms with Gasteiger partial charge in [-0.3, -0.25) is 14.5 Å². The van der Waals surface area contributed by atoms with Crippen molar-refractivity contribution in [1.82, 2.24) is 4.90 Å². The van der Waals surface area contributed by atoms with E-state index in [1.165, 1.54) is 6.92 Å². The number of nitrogens with zero attached hydrogens (tertiary/aromatic N) is 1. The van der Waals surface area contributed by atoms with Crippen LogP contribution in [0.25, 0.3) is 0 Å². The maximum atomic E-state index is 11.5. The summed E-state index contributed by atoms with van der Waals surface area (Å²) in [5, 5.41) is 9.11. The molecule has 0 aliphatic carbocycles. The van der Waals surface area contributed by atoms with Gasteiger partial charge >= 0.3 is 5.97 Å². The van der Waals surface area contributed by atoms with Gasteiger partial charge in [0.25, 0.3) is 0 Å². The second-order valence-electron chi connectivity index (χ2n) is 3.95. The lowest BCUT2D eigenvalue weighted by Crippen LogP contribution is -2.54. The monoisotopic (exact) mass is 213 g/mol. The second-order valence-corrected chi connectivity index (χ2v) is 3.95. The number of likely N-dealkylation sites (tertiary alicyclic amines) is 1. The summed E-state index contributed by atoms with van der Waals surface area (Å²) in [6.07, 6.45) is 1.16. The van der Waals surface area contributed by atoms with Gasteiger partial charge in [0.2, 0.25) is 11.8 Å². The first-order valence-corrected chi connectivity index (χ1v) is 5.02. The minimum absolute atomic E-state index is 0.130. The lowest BCUT2D eigenvalue weighted by atomic mass is 9.94. The summed E-state index contributed by atoms with van der Waals surface area (Å²) in [5.41, 5.74) is -1.38. The molecule has 1 unspecified atom stereocenters. The first-order chi connectivity index (χ1) is 6.93. The number of carbonyl (C=O) groups is 3. The lowest BCUT2D eigenvalue weighted by Gasteiger charge is -2.33. The number of amides is 2. The molecule has 1 saturated heterocycles. The van der Waals surface area contributed by atoms with Crippen molar-refractivity contribution in [3.8, 4) is 0 Å². The Balaban J connectivity index is 3.03. The van der Waals surface area contributed by atoms with Crippen LogP contribution >= 0.6 is 0 Å². The molecule has 0 bridgehead atoms. The molecule has 0 aromatic carbocycles. The quantitative estimate of drug-likeness (QED) is 0.700. The van der Waals surface area contributed by atoms with Crippen molar-refractivity contribution in [2.75, 3.05) is 0 Å². The van der Waals surface area contributed by atoms with Crippen LogP contribution in [0.4, 0.5) is 0 Å². The summed E-state index contributed by atoms with van der Waals surface area (Å²) < 4.78 is 0. The first kappa shape index (κ1) is 11.7. The Morgan fingerprint density at radius 2 is 1.87 bits per heavy atom. The average Bonchev–Trinajstić information content (AvgIpc) is 2.46. The van der Waals surface area contributed by atoms with Gasteiger partial charge in [-0.1, -0.05) is 13.3 Å². The molecular formula is C10H15NO4. The van der Waals surface area contributed by atoms with Gasteiger partial charge in [0.15, 0.2) is 0 Å². The maximum absolute atomic E-state index is 11.5. The smallest absolute Gasteiger partial charge is 0.329 e. The van der Waals surface area contributed by atoms with E-state index in [2.05, 4.69) is 0 Å². The van der Waals surface area contributed by atoms with Crippen LogP contribution in [0.1, 0.15) is 39.5 Å². The van der Waals surface area contributed by atoms with Gasteiger partial charge in [0.1, 0.15) is 5.54 Å². The molecule has 1 aliphatic rings. The van der Waals surface area contributed by atoms with Crippen LogP contribution < -0.4 is 0 Å². The number of imide groups is 1. The van der Waals surface area contributed by atoms with E-state index in [9.17, 15) is 14.4 Å². The minimum atomic E-state index is -1.38. The molecule has 15 heavy (non-hydrogen) atoms. The Morgan fingerprint density at radius 3 is 2.20 bits per heavy atom. The van der Waals surface area contributed by atoms with Gasteiger partial charge in [-0.25, -0.2) is 4.79 Å². The number of rotatable bonds is 4. The molecule has 84 valence electrons. The highest BCUT2D eigenvalue weighted by atomic mass is 16.4. The largest absolute Gasteiger partial charge is 0.479 e. The predicted octanol–water partition coefficient (Wildman–Crippen LogP) is 0.779. The molecule has 2 amide bonds. The average molecular weight is 213 g/mol. The predicted molar refractivity (Wildman–Crippen MR) is 52.0 cm³/mol. The van der Waals surface area contributed by atoms with Crippen LogP contribution in [0.5, 0.6) is 0 Å². The van der Waals surface area contributed by atoms with E-state index < -0.39 is 11.5 Å². The fraction of sp³-hybridized carbons (Fsp3) is 0.700. The summed E-state index contributed by atoms with van der Waals surface area (Å²) >= 11 is 0. The Hall–Kier alpha value is -1.39. The van der Waals surface area contributed by atoms with Crippen LogP contribution in [0.3, 0.4) is 0 Å². The fourth-order valence-electron chi connectivity index (χ4n) is 1.93. The molecular weight excluding hydrogens is 198 g/mol. The molecule has 1 heterocycles. The third kappa shape index (κ3) is 1.86. The molecule has 5 nitrogen and oxygen atoms in total. The van der Waals surface area contributed by atoms with Crippen molar-refractivity contribution >= 4 is 17.8 Å². The number of hydrogen-bond acceptors (Lipinski definition) is 3. The van der Waals surface area contributed by atoms with Gasteiger partial charge in [0, 0.05) is 12.8 Å². The standard InChI is InChI=1S/C10H15NO4/c1-3-6-10(2,9(14)15)11-7(12)4-5-8(11)13/h3-6H2,1-2H3,(H,14,15). The van der Waals surface area contributed by atoms with Crippen LogP contribution in [-0.2, 0) is 14.4 Å². The first-order valence-electron chi connectivity index (χ1n) is 5.02. The molecule has 1 aliphatic heterocycles. The Kier molecular flexibility index (Phi) is 3.12. The SMILES string of the molecule is CCCC(C)(C(=O)O)N1C(=O)CCC1=O. The molecule has 1 N–H and O–H groups in total. The molecule has 0 radical (unpaired) electrons. The fourth-order valence-corrected chi connectivity index (χ4v) is 1.93. The van der Waals surface area contributed by atoms with Gasteiger partial charge in [-0.2, -0.15) is 0 Å². The van der Waals surface area contributed by atoms with E-state index in [1.807, 2.05) is 6.92 Å². The summed E-state index contributed by atoms with van der Waals surface area (Å²) in [4.78, 5) is 35.0. The normalized spacial score (nSPS) is 20.5. The van der Waals surface area contributed by atoms with Crippen LogP contribution in [0.2, 0.25) is 0 Å². The Bertz CT molecular complexity index is 297. The van der Waals surface area contributed by atoms with Gasteiger partial charge < -0.3 is 5.11 Å². The van der Waals surface area contributed by atoms with Crippen molar-refractivity contribution in [3.63, 3.8) is 0 Å². The van der Waals surface area contributed by atoms with Gasteiger partial charge in [-0.05, 0) is 13.3 Å². The number of hydrogen-bond donors (Lipinski definition) is 1. The van der Waals surface area contributed by atoms with E-state index in [1.54, 1.807) is 0 Å². The summed E-state index contributed by atoms with van der Waals surface area (Å²) in [6, 6.07) is 0. The minimum Gasteiger partial charge on any atom is -0.479 e. The summed E-state index contributed by atoms with van der Waals surface area (Å²) in [7, 11) is 0. The highest BCUT2D eigenvalue weighted by molar-refractivity contribution is 6.06. The van der Waals surface area contributed by atoms with Gasteiger partial charge in [0.05, 0.1) is 0 Å². The van der Waals surface area contributed by atoms with Crippen molar-refractivity contribution in [3.05, 3.63) is 0 Å². The van der Waals surface area contributed by atoms with E-state index in [0.717, 1.165) is 4.90 Å². The van der Waals surface area contributed by atoms with Crippen molar-refractivity contribution in [1.29, 1.82) is 0 Å². The van der Waals surface area contributed by atoms with E-state index in [4.69, 9.17) is 5.11 Å². The summed E-state index contributed by atoms with van der Waals surface area (Å²) in [6.45, 7) is 3.26. The molecule has 0 aromatic heterocycles. The second kappa shape index (κ2) is 4.00. The molecule has 1 fully saturated rings. The zero-order valence-corrected chi connectivity index (χ0v) is 8.95. The zero-order valence-electron chi connectivity index (χ0n) is 8.95. The van der Waals surface area contributed by atoms with E-state index >= 15 is 0 Å². The lowest BCUT2D eigenvalue weighted by molar-refractivity contribution is -0.162. The third-order valence-corrected chi connectivity index (χ3v) is 2.74. The molecule has 1 atom stereocenters. The molecule has 1 rings (SSSR count). The summed E-state index contributed by atoms with van der Waals surface area (Å²) in [5.74, 6) is -1.87. The van der Waals surface area contributed by atoms with Gasteiger partial charge in [-0.15, -0.1) is 0 Å². The van der Waals surface area contributed by atoms with Crippen molar-refractivity contribution in [2.45, 2.75) is 45.1 Å². The van der Waals surface area contributed by atoms with Crippen LogP contribution in [0.15, 0.2) is 0 Å². The Labute approximate surface area is 88.1 Å². The highest BCUT2D eigenvalue weighted by Crippen LogP contribution is 2.28. The molecule has 5 heteroatoms. The zero-order chi connectivity index (χ0) is 11.6. The molecule has 0 aromatic rings. The number of carboxylic acid groups (broad SMARTS) is 1. The van der Waals surface area contributed by atoms with E-state index in [0.29, 0.717) is 12.8 Å². The Morgan fingerprint density at radius 1 is 1.40 bits per heavy atom. The van der Waals surface area contributed by atoms with Crippen molar-refractivity contribution < 1.29 is 19.5 Å². The van der Waals surface area contributed by atoms with Crippen molar-refractivity contribution in [2.24, 2.45) is 0 Å². The van der Waals surface area contributed by atoms with E-state index in [-0.39, 0.29) is 24.7 Å².